The minimum atomic E-state index is -3.57. The van der Waals surface area contributed by atoms with E-state index < -0.39 is 10.0 Å². The second kappa shape index (κ2) is 6.08. The van der Waals surface area contributed by atoms with Crippen LogP contribution in [0.4, 0.5) is 5.69 Å². The van der Waals surface area contributed by atoms with E-state index >= 15 is 0 Å². The summed E-state index contributed by atoms with van der Waals surface area (Å²) in [5.41, 5.74) is 1.28. The van der Waals surface area contributed by atoms with Crippen molar-refractivity contribution in [2.45, 2.75) is 5.75 Å². The average Bonchev–Trinajstić information content (AvgIpc) is 2.47. The fourth-order valence-electron chi connectivity index (χ4n) is 1.81. The van der Waals surface area contributed by atoms with Crippen molar-refractivity contribution < 1.29 is 8.42 Å². The van der Waals surface area contributed by atoms with Crippen LogP contribution in [0.3, 0.4) is 0 Å². The van der Waals surface area contributed by atoms with Crippen LogP contribution >= 0.6 is 0 Å². The Hall–Kier alpha value is -2.83. The van der Waals surface area contributed by atoms with Crippen LogP contribution in [0.15, 0.2) is 48.5 Å². The van der Waals surface area contributed by atoms with E-state index in [9.17, 15) is 8.42 Å². The van der Waals surface area contributed by atoms with E-state index in [1.54, 1.807) is 24.3 Å². The number of nitrogens with zero attached hydrogens (tertiary/aromatic N) is 2. The highest BCUT2D eigenvalue weighted by Crippen LogP contribution is 2.17. The van der Waals surface area contributed by atoms with Crippen molar-refractivity contribution in [2.24, 2.45) is 0 Å². The van der Waals surface area contributed by atoms with E-state index in [4.69, 9.17) is 10.5 Å². The molecular weight excluding hydrogens is 286 g/mol. The molecule has 0 aromatic heterocycles. The van der Waals surface area contributed by atoms with Crippen LogP contribution in [0, 0.1) is 22.7 Å². The number of sulfonamides is 1. The Morgan fingerprint density at radius 2 is 1.62 bits per heavy atom. The second-order valence-corrected chi connectivity index (χ2v) is 6.05. The van der Waals surface area contributed by atoms with Gasteiger partial charge in [0.15, 0.2) is 0 Å². The monoisotopic (exact) mass is 297 g/mol. The summed E-state index contributed by atoms with van der Waals surface area (Å²) in [7, 11) is -3.57. The maximum atomic E-state index is 12.1. The Bertz CT molecular complexity index is 831. The van der Waals surface area contributed by atoms with Crippen molar-refractivity contribution in [3.05, 3.63) is 65.2 Å². The van der Waals surface area contributed by atoms with Crippen LogP contribution in [-0.2, 0) is 15.8 Å². The molecule has 0 saturated heterocycles. The quantitative estimate of drug-likeness (QED) is 0.937. The predicted octanol–water partition coefficient (Wildman–Crippen LogP) is 2.37. The third-order valence-corrected chi connectivity index (χ3v) is 3.99. The molecule has 0 spiro atoms. The van der Waals surface area contributed by atoms with Crippen LogP contribution in [0.25, 0.3) is 0 Å². The average molecular weight is 297 g/mol. The maximum absolute atomic E-state index is 12.1. The van der Waals surface area contributed by atoms with Crippen molar-refractivity contribution in [3.8, 4) is 12.1 Å². The highest BCUT2D eigenvalue weighted by molar-refractivity contribution is 7.91. The zero-order chi connectivity index (χ0) is 15.3. The molecule has 0 radical (unpaired) electrons. The molecule has 0 amide bonds. The van der Waals surface area contributed by atoms with Gasteiger partial charge >= 0.3 is 0 Å². The van der Waals surface area contributed by atoms with Gasteiger partial charge in [-0.1, -0.05) is 30.3 Å². The molecule has 0 heterocycles. The summed E-state index contributed by atoms with van der Waals surface area (Å²) in [6.07, 6.45) is 0. The summed E-state index contributed by atoms with van der Waals surface area (Å²) in [5, 5.41) is 17.8. The van der Waals surface area contributed by atoms with E-state index in [-0.39, 0.29) is 22.6 Å². The molecule has 2 aromatic carbocycles. The van der Waals surface area contributed by atoms with Crippen LogP contribution in [0.5, 0.6) is 0 Å². The maximum Gasteiger partial charge on any atom is 0.236 e. The Kier molecular flexibility index (Phi) is 4.22. The molecule has 0 aliphatic heterocycles. The van der Waals surface area contributed by atoms with Gasteiger partial charge < -0.3 is 0 Å². The molecule has 6 heteroatoms. The van der Waals surface area contributed by atoms with Gasteiger partial charge in [0.25, 0.3) is 0 Å². The molecular formula is C15H11N3O2S. The van der Waals surface area contributed by atoms with Gasteiger partial charge in [0.05, 0.1) is 16.9 Å². The van der Waals surface area contributed by atoms with Gasteiger partial charge in [-0.25, -0.2) is 8.42 Å². The number of rotatable bonds is 4. The Labute approximate surface area is 123 Å². The van der Waals surface area contributed by atoms with Crippen molar-refractivity contribution >= 4 is 15.7 Å². The number of nitrogens with one attached hydrogen (secondary N) is 1. The lowest BCUT2D eigenvalue weighted by atomic mass is 10.1. The highest BCUT2D eigenvalue weighted by atomic mass is 32.2. The van der Waals surface area contributed by atoms with Crippen LogP contribution in [0.2, 0.25) is 0 Å². The van der Waals surface area contributed by atoms with Gasteiger partial charge in [0.1, 0.15) is 12.1 Å². The number of hydrogen-bond donors (Lipinski definition) is 1. The zero-order valence-corrected chi connectivity index (χ0v) is 11.8. The fourth-order valence-corrected chi connectivity index (χ4v) is 3.00. The molecule has 0 aliphatic rings. The van der Waals surface area contributed by atoms with E-state index in [0.29, 0.717) is 5.56 Å². The molecule has 0 saturated carbocycles. The summed E-state index contributed by atoms with van der Waals surface area (Å²) in [5.74, 6) is -0.157. The normalized spacial score (nSPS) is 10.4. The fraction of sp³-hybridized carbons (Fsp3) is 0.0667. The Morgan fingerprint density at radius 3 is 2.24 bits per heavy atom. The third kappa shape index (κ3) is 3.82. The Morgan fingerprint density at radius 1 is 0.952 bits per heavy atom. The molecule has 5 nitrogen and oxygen atoms in total. The molecule has 104 valence electrons. The molecule has 0 atom stereocenters. The standard InChI is InChI=1S/C15H11N3O2S/c16-9-13-6-7-15(8-14(13)10-17)18-21(19,20)11-12-4-2-1-3-5-12/h1-8,18H,11H2. The number of anilines is 1. The third-order valence-electron chi connectivity index (χ3n) is 2.73. The molecule has 0 bridgehead atoms. The minimum absolute atomic E-state index is 0.136. The van der Waals surface area contributed by atoms with E-state index in [2.05, 4.69) is 4.72 Å². The summed E-state index contributed by atoms with van der Waals surface area (Å²) in [6.45, 7) is 0. The second-order valence-electron chi connectivity index (χ2n) is 4.33. The highest BCUT2D eigenvalue weighted by Gasteiger charge is 2.12. The molecule has 2 aromatic rings. The number of benzene rings is 2. The summed E-state index contributed by atoms with van der Waals surface area (Å²) in [6, 6.07) is 16.7. The van der Waals surface area contributed by atoms with Crippen LogP contribution in [0.1, 0.15) is 16.7 Å². The van der Waals surface area contributed by atoms with Gasteiger partial charge in [-0.05, 0) is 23.8 Å². The SMILES string of the molecule is N#Cc1ccc(NS(=O)(=O)Cc2ccccc2)cc1C#N. The first-order chi connectivity index (χ1) is 10.0. The number of nitriles is 2. The molecule has 0 fully saturated rings. The van der Waals surface area contributed by atoms with E-state index in [1.807, 2.05) is 18.2 Å². The van der Waals surface area contributed by atoms with E-state index in [0.717, 1.165) is 0 Å². The van der Waals surface area contributed by atoms with Crippen LogP contribution < -0.4 is 4.72 Å². The predicted molar refractivity (Wildman–Crippen MR) is 78.6 cm³/mol. The number of hydrogen-bond acceptors (Lipinski definition) is 4. The summed E-state index contributed by atoms with van der Waals surface area (Å²) in [4.78, 5) is 0. The van der Waals surface area contributed by atoms with Crippen molar-refractivity contribution in [2.75, 3.05) is 4.72 Å². The smallest absolute Gasteiger partial charge is 0.236 e. The lowest BCUT2D eigenvalue weighted by molar-refractivity contribution is 0.600. The van der Waals surface area contributed by atoms with Gasteiger partial charge in [-0.2, -0.15) is 10.5 Å². The summed E-state index contributed by atoms with van der Waals surface area (Å²) >= 11 is 0. The Balaban J connectivity index is 2.22. The first kappa shape index (κ1) is 14.6. The lowest BCUT2D eigenvalue weighted by Gasteiger charge is -2.08. The van der Waals surface area contributed by atoms with Gasteiger partial charge in [-0.15, -0.1) is 0 Å². The first-order valence-corrected chi connectivity index (χ1v) is 7.68. The van der Waals surface area contributed by atoms with Gasteiger partial charge in [0, 0.05) is 5.69 Å². The lowest BCUT2D eigenvalue weighted by Crippen LogP contribution is -2.15. The molecule has 21 heavy (non-hydrogen) atoms. The minimum Gasteiger partial charge on any atom is -0.283 e. The molecule has 1 N–H and O–H groups in total. The van der Waals surface area contributed by atoms with Crippen molar-refractivity contribution in [1.29, 1.82) is 10.5 Å². The van der Waals surface area contributed by atoms with Gasteiger partial charge in [0.2, 0.25) is 10.0 Å². The topological polar surface area (TPSA) is 93.8 Å². The van der Waals surface area contributed by atoms with E-state index in [1.165, 1.54) is 18.2 Å². The van der Waals surface area contributed by atoms with Crippen molar-refractivity contribution in [3.63, 3.8) is 0 Å². The molecule has 2 rings (SSSR count). The van der Waals surface area contributed by atoms with Crippen molar-refractivity contribution in [1.82, 2.24) is 0 Å². The first-order valence-electron chi connectivity index (χ1n) is 6.03. The van der Waals surface area contributed by atoms with Crippen LogP contribution in [-0.4, -0.2) is 8.42 Å². The zero-order valence-electron chi connectivity index (χ0n) is 10.9. The summed E-state index contributed by atoms with van der Waals surface area (Å²) < 4.78 is 26.5. The largest absolute Gasteiger partial charge is 0.283 e. The molecule has 0 aliphatic carbocycles. The molecule has 0 unspecified atom stereocenters. The van der Waals surface area contributed by atoms with Gasteiger partial charge in [-0.3, -0.25) is 4.72 Å².